The van der Waals surface area contributed by atoms with Crippen LogP contribution in [0.25, 0.3) is 0 Å². The van der Waals surface area contributed by atoms with E-state index in [1.165, 1.54) is 0 Å². The van der Waals surface area contributed by atoms with E-state index >= 15 is 0 Å². The first-order chi connectivity index (χ1) is 6.88. The van der Waals surface area contributed by atoms with Crippen LogP contribution >= 0.6 is 0 Å². The van der Waals surface area contributed by atoms with Gasteiger partial charge in [0.25, 0.3) is 0 Å². The Kier molecular flexibility index (Phi) is 2.78. The largest absolute Gasteiger partial charge is 0.371 e. The molecule has 1 N–H and O–H groups in total. The van der Waals surface area contributed by atoms with E-state index in [9.17, 15) is 0 Å². The van der Waals surface area contributed by atoms with E-state index in [1.807, 2.05) is 18.2 Å². The second-order valence-corrected chi connectivity index (χ2v) is 3.40. The molecule has 1 aromatic carbocycles. The minimum Gasteiger partial charge on any atom is -0.371 e. The third kappa shape index (κ3) is 2.11. The molecule has 0 saturated carbocycles. The van der Waals surface area contributed by atoms with Gasteiger partial charge in [0.1, 0.15) is 0 Å². The van der Waals surface area contributed by atoms with Crippen LogP contribution in [0.1, 0.15) is 11.1 Å². The van der Waals surface area contributed by atoms with E-state index < -0.39 is 0 Å². The van der Waals surface area contributed by atoms with E-state index in [2.05, 4.69) is 11.4 Å². The van der Waals surface area contributed by atoms with Crippen molar-refractivity contribution in [1.29, 1.82) is 5.26 Å². The van der Waals surface area contributed by atoms with Crippen LogP contribution in [0.3, 0.4) is 0 Å². The molecule has 0 amide bonds. The van der Waals surface area contributed by atoms with E-state index in [-0.39, 0.29) is 0 Å². The van der Waals surface area contributed by atoms with Crippen LogP contribution in [-0.4, -0.2) is 19.2 Å². The standard InChI is InChI=1S/C11H12N2O/c12-5-9-2-1-3-10(4-9)8-14-11-6-13-7-11/h1-4,11,13H,6-8H2. The summed E-state index contributed by atoms with van der Waals surface area (Å²) >= 11 is 0. The summed E-state index contributed by atoms with van der Waals surface area (Å²) in [5.74, 6) is 0. The number of nitrogens with one attached hydrogen (secondary N) is 1. The Hall–Kier alpha value is -1.37. The first-order valence-corrected chi connectivity index (χ1v) is 4.70. The van der Waals surface area contributed by atoms with Crippen molar-refractivity contribution in [2.45, 2.75) is 12.7 Å². The van der Waals surface area contributed by atoms with Crippen molar-refractivity contribution >= 4 is 0 Å². The normalized spacial score (nSPS) is 15.9. The maximum atomic E-state index is 8.70. The molecule has 0 radical (unpaired) electrons. The van der Waals surface area contributed by atoms with Crippen molar-refractivity contribution in [3.05, 3.63) is 35.4 Å². The zero-order valence-corrected chi connectivity index (χ0v) is 7.86. The molecule has 14 heavy (non-hydrogen) atoms. The fourth-order valence-corrected chi connectivity index (χ4v) is 1.32. The Bertz CT molecular complexity index is 353. The van der Waals surface area contributed by atoms with Crippen molar-refractivity contribution in [2.75, 3.05) is 13.1 Å². The van der Waals surface area contributed by atoms with E-state index in [1.54, 1.807) is 6.07 Å². The average Bonchev–Trinajstić information content (AvgIpc) is 2.16. The van der Waals surface area contributed by atoms with Crippen molar-refractivity contribution in [1.82, 2.24) is 5.32 Å². The minimum absolute atomic E-state index is 0.348. The molecule has 1 aromatic rings. The summed E-state index contributed by atoms with van der Waals surface area (Å²) in [5, 5.41) is 11.8. The Morgan fingerprint density at radius 2 is 2.36 bits per heavy atom. The van der Waals surface area contributed by atoms with Gasteiger partial charge in [-0.25, -0.2) is 0 Å². The van der Waals surface area contributed by atoms with Crippen LogP contribution < -0.4 is 5.32 Å². The highest BCUT2D eigenvalue weighted by Gasteiger charge is 2.16. The Morgan fingerprint density at radius 3 is 3.00 bits per heavy atom. The van der Waals surface area contributed by atoms with Crippen LogP contribution in [0.2, 0.25) is 0 Å². The molecule has 0 bridgehead atoms. The zero-order chi connectivity index (χ0) is 9.80. The van der Waals surface area contributed by atoms with Crippen molar-refractivity contribution < 1.29 is 4.74 Å². The van der Waals surface area contributed by atoms with Gasteiger partial charge in [-0.3, -0.25) is 0 Å². The maximum absolute atomic E-state index is 8.70. The molecule has 3 nitrogen and oxygen atoms in total. The molecule has 0 spiro atoms. The highest BCUT2D eigenvalue weighted by Crippen LogP contribution is 2.08. The summed E-state index contributed by atoms with van der Waals surface area (Å²) in [5.41, 5.74) is 1.76. The molecule has 0 atom stereocenters. The van der Waals surface area contributed by atoms with E-state index in [0.29, 0.717) is 18.3 Å². The summed E-state index contributed by atoms with van der Waals surface area (Å²) in [4.78, 5) is 0. The molecule has 1 heterocycles. The third-order valence-electron chi connectivity index (χ3n) is 2.29. The van der Waals surface area contributed by atoms with Crippen LogP contribution in [0.5, 0.6) is 0 Å². The predicted octanol–water partition coefficient (Wildman–Crippen LogP) is 1.05. The van der Waals surface area contributed by atoms with Gasteiger partial charge in [-0.05, 0) is 17.7 Å². The first-order valence-electron chi connectivity index (χ1n) is 4.70. The summed E-state index contributed by atoms with van der Waals surface area (Å²) in [6, 6.07) is 9.65. The molecule has 2 rings (SSSR count). The van der Waals surface area contributed by atoms with Crippen LogP contribution in [0.15, 0.2) is 24.3 Å². The zero-order valence-electron chi connectivity index (χ0n) is 7.86. The first kappa shape index (κ1) is 9.20. The average molecular weight is 188 g/mol. The highest BCUT2D eigenvalue weighted by atomic mass is 16.5. The van der Waals surface area contributed by atoms with Crippen LogP contribution in [0, 0.1) is 11.3 Å². The number of hydrogen-bond acceptors (Lipinski definition) is 3. The highest BCUT2D eigenvalue weighted by molar-refractivity contribution is 5.32. The summed E-state index contributed by atoms with van der Waals surface area (Å²) in [7, 11) is 0. The van der Waals surface area contributed by atoms with Crippen molar-refractivity contribution in [2.24, 2.45) is 0 Å². The second-order valence-electron chi connectivity index (χ2n) is 3.40. The van der Waals surface area contributed by atoms with E-state index in [0.717, 1.165) is 18.7 Å². The molecule has 72 valence electrons. The number of hydrogen-bond donors (Lipinski definition) is 1. The number of nitrogens with zero attached hydrogens (tertiary/aromatic N) is 1. The Morgan fingerprint density at radius 1 is 1.50 bits per heavy atom. The van der Waals surface area contributed by atoms with Gasteiger partial charge in [-0.1, -0.05) is 12.1 Å². The quantitative estimate of drug-likeness (QED) is 0.771. The number of nitriles is 1. The maximum Gasteiger partial charge on any atom is 0.0991 e. The van der Waals surface area contributed by atoms with Gasteiger partial charge in [0.15, 0.2) is 0 Å². The number of ether oxygens (including phenoxy) is 1. The Labute approximate surface area is 83.3 Å². The molecule has 1 aliphatic heterocycles. The van der Waals surface area contributed by atoms with Crippen LogP contribution in [0.4, 0.5) is 0 Å². The molecule has 0 aromatic heterocycles. The molecular weight excluding hydrogens is 176 g/mol. The SMILES string of the molecule is N#Cc1cccc(COC2CNC2)c1. The topological polar surface area (TPSA) is 45.0 Å². The lowest BCUT2D eigenvalue weighted by atomic mass is 10.1. The smallest absolute Gasteiger partial charge is 0.0991 e. The molecule has 1 fully saturated rings. The molecule has 0 unspecified atom stereocenters. The van der Waals surface area contributed by atoms with Gasteiger partial charge in [0.2, 0.25) is 0 Å². The Balaban J connectivity index is 1.91. The summed E-state index contributed by atoms with van der Waals surface area (Å²) in [6.45, 7) is 2.48. The van der Waals surface area contributed by atoms with Gasteiger partial charge in [-0.2, -0.15) is 5.26 Å². The lowest BCUT2D eigenvalue weighted by Gasteiger charge is -2.27. The summed E-state index contributed by atoms with van der Waals surface area (Å²) in [6.07, 6.45) is 0.348. The van der Waals surface area contributed by atoms with Gasteiger partial charge < -0.3 is 10.1 Å². The molecule has 1 saturated heterocycles. The van der Waals surface area contributed by atoms with E-state index in [4.69, 9.17) is 10.00 Å². The molecule has 1 aliphatic rings. The molecular formula is C11H12N2O. The fourth-order valence-electron chi connectivity index (χ4n) is 1.32. The van der Waals surface area contributed by atoms with Crippen LogP contribution in [-0.2, 0) is 11.3 Å². The number of rotatable bonds is 3. The van der Waals surface area contributed by atoms with Crippen molar-refractivity contribution in [3.8, 4) is 6.07 Å². The fraction of sp³-hybridized carbons (Fsp3) is 0.364. The minimum atomic E-state index is 0.348. The predicted molar refractivity (Wildman–Crippen MR) is 52.6 cm³/mol. The summed E-state index contributed by atoms with van der Waals surface area (Å²) < 4.78 is 5.59. The van der Waals surface area contributed by atoms with Gasteiger partial charge >= 0.3 is 0 Å². The van der Waals surface area contributed by atoms with Gasteiger partial charge in [0.05, 0.1) is 24.3 Å². The van der Waals surface area contributed by atoms with Gasteiger partial charge in [0, 0.05) is 13.1 Å². The lowest BCUT2D eigenvalue weighted by Crippen LogP contribution is -2.48. The van der Waals surface area contributed by atoms with Crippen molar-refractivity contribution in [3.63, 3.8) is 0 Å². The lowest BCUT2D eigenvalue weighted by molar-refractivity contribution is 0.00758. The van der Waals surface area contributed by atoms with Gasteiger partial charge in [-0.15, -0.1) is 0 Å². The molecule has 0 aliphatic carbocycles. The number of benzene rings is 1. The third-order valence-corrected chi connectivity index (χ3v) is 2.29. The second kappa shape index (κ2) is 4.23. The monoisotopic (exact) mass is 188 g/mol. The molecule has 3 heteroatoms.